The lowest BCUT2D eigenvalue weighted by atomic mass is 9.76. The van der Waals surface area contributed by atoms with Crippen molar-refractivity contribution in [3.05, 3.63) is 35.8 Å². The molecule has 0 radical (unpaired) electrons. The van der Waals surface area contributed by atoms with E-state index in [0.29, 0.717) is 12.2 Å². The lowest BCUT2D eigenvalue weighted by molar-refractivity contribution is -0.0714. The monoisotopic (exact) mass is 289 g/mol. The van der Waals surface area contributed by atoms with Crippen LogP contribution in [0.5, 0.6) is 0 Å². The first kappa shape index (κ1) is 14.1. The van der Waals surface area contributed by atoms with Crippen molar-refractivity contribution >= 4 is 5.82 Å². The number of nitrogen functional groups attached to an aromatic ring is 1. The molecule has 112 valence electrons. The number of nitrogens with zero attached hydrogens (tertiary/aromatic N) is 2. The van der Waals surface area contributed by atoms with E-state index in [9.17, 15) is 4.39 Å². The summed E-state index contributed by atoms with van der Waals surface area (Å²) in [5.41, 5.74) is 8.47. The van der Waals surface area contributed by atoms with Crippen LogP contribution in [0.1, 0.15) is 25.0 Å². The minimum Gasteiger partial charge on any atom is -0.383 e. The van der Waals surface area contributed by atoms with Crippen LogP contribution in [0.2, 0.25) is 0 Å². The van der Waals surface area contributed by atoms with Crippen LogP contribution < -0.4 is 5.73 Å². The van der Waals surface area contributed by atoms with Crippen molar-refractivity contribution in [1.29, 1.82) is 0 Å². The Balaban J connectivity index is 2.03. The van der Waals surface area contributed by atoms with Gasteiger partial charge in [-0.1, -0.05) is 12.1 Å². The maximum atomic E-state index is 13.5. The van der Waals surface area contributed by atoms with Crippen molar-refractivity contribution in [1.82, 2.24) is 9.78 Å². The number of hydrogen-bond donors (Lipinski definition) is 1. The highest BCUT2D eigenvalue weighted by molar-refractivity contribution is 5.76. The van der Waals surface area contributed by atoms with Crippen molar-refractivity contribution in [2.24, 2.45) is 7.05 Å². The molecule has 0 unspecified atom stereocenters. The summed E-state index contributed by atoms with van der Waals surface area (Å²) in [6, 6.07) is 6.48. The molecule has 0 aliphatic heterocycles. The second-order valence-electron chi connectivity index (χ2n) is 5.76. The Labute approximate surface area is 123 Å². The molecule has 1 aromatic carbocycles. The fourth-order valence-electron chi connectivity index (χ4n) is 3.01. The van der Waals surface area contributed by atoms with Gasteiger partial charge in [0.2, 0.25) is 0 Å². The van der Waals surface area contributed by atoms with Crippen molar-refractivity contribution in [2.75, 3.05) is 12.8 Å². The molecule has 2 N–H and O–H groups in total. The van der Waals surface area contributed by atoms with E-state index in [2.05, 4.69) is 5.10 Å². The highest BCUT2D eigenvalue weighted by atomic mass is 19.1. The van der Waals surface area contributed by atoms with Gasteiger partial charge in [-0.25, -0.2) is 4.39 Å². The summed E-state index contributed by atoms with van der Waals surface area (Å²) in [7, 11) is 3.55. The van der Waals surface area contributed by atoms with Crippen LogP contribution in [0.4, 0.5) is 10.2 Å². The molecule has 1 aromatic heterocycles. The maximum absolute atomic E-state index is 13.5. The minimum atomic E-state index is -0.271. The van der Waals surface area contributed by atoms with E-state index in [1.54, 1.807) is 17.9 Å². The van der Waals surface area contributed by atoms with Crippen molar-refractivity contribution < 1.29 is 9.13 Å². The highest BCUT2D eigenvalue weighted by Crippen LogP contribution is 2.40. The van der Waals surface area contributed by atoms with Gasteiger partial charge in [-0.3, -0.25) is 4.68 Å². The number of aromatic nitrogens is 2. The van der Waals surface area contributed by atoms with E-state index in [1.165, 1.54) is 18.6 Å². The van der Waals surface area contributed by atoms with Gasteiger partial charge in [0, 0.05) is 26.1 Å². The number of ether oxygens (including phenoxy) is 1. The molecule has 5 heteroatoms. The van der Waals surface area contributed by atoms with Gasteiger partial charge in [-0.05, 0) is 37.0 Å². The second kappa shape index (κ2) is 5.15. The molecule has 0 amide bonds. The number of hydrogen-bond acceptors (Lipinski definition) is 3. The molecule has 1 fully saturated rings. The normalized spacial score (nSPS) is 16.7. The van der Waals surface area contributed by atoms with Crippen LogP contribution in [-0.4, -0.2) is 22.5 Å². The molecule has 0 spiro atoms. The third-order valence-corrected chi connectivity index (χ3v) is 4.46. The van der Waals surface area contributed by atoms with Crippen molar-refractivity contribution in [2.45, 2.75) is 31.3 Å². The third-order valence-electron chi connectivity index (χ3n) is 4.46. The second-order valence-corrected chi connectivity index (χ2v) is 5.76. The van der Waals surface area contributed by atoms with Gasteiger partial charge in [0.1, 0.15) is 11.6 Å². The molecule has 21 heavy (non-hydrogen) atoms. The molecule has 2 aromatic rings. The molecule has 0 saturated heterocycles. The van der Waals surface area contributed by atoms with Gasteiger partial charge >= 0.3 is 0 Å². The molecular formula is C16H20FN3O. The van der Waals surface area contributed by atoms with E-state index in [-0.39, 0.29) is 11.4 Å². The van der Waals surface area contributed by atoms with E-state index in [1.807, 2.05) is 13.1 Å². The SMILES string of the molecule is COC1(Cc2nn(C)c(N)c2-c2cccc(F)c2)CCC1. The Morgan fingerprint density at radius 3 is 2.76 bits per heavy atom. The summed E-state index contributed by atoms with van der Waals surface area (Å²) >= 11 is 0. The zero-order valence-corrected chi connectivity index (χ0v) is 12.4. The standard InChI is InChI=1S/C16H20FN3O/c1-20-15(18)14(11-5-3-6-12(17)9-11)13(19-20)10-16(21-2)7-4-8-16/h3,5-6,9H,4,7-8,10,18H2,1-2H3. The zero-order chi connectivity index (χ0) is 15.0. The first-order valence-corrected chi connectivity index (χ1v) is 7.17. The van der Waals surface area contributed by atoms with Gasteiger partial charge in [-0.2, -0.15) is 5.10 Å². The lowest BCUT2D eigenvalue weighted by Crippen LogP contribution is -2.41. The molecule has 1 saturated carbocycles. The summed E-state index contributed by atoms with van der Waals surface area (Å²) in [5.74, 6) is 0.285. The lowest BCUT2D eigenvalue weighted by Gasteiger charge is -2.40. The fraction of sp³-hybridized carbons (Fsp3) is 0.438. The average molecular weight is 289 g/mol. The molecule has 1 aliphatic carbocycles. The van der Waals surface area contributed by atoms with E-state index < -0.39 is 0 Å². The Morgan fingerprint density at radius 1 is 1.43 bits per heavy atom. The number of aryl methyl sites for hydroxylation is 1. The molecule has 0 atom stereocenters. The molecule has 1 heterocycles. The summed E-state index contributed by atoms with van der Waals surface area (Å²) < 4.78 is 20.8. The summed E-state index contributed by atoms with van der Waals surface area (Å²) in [5, 5.41) is 4.52. The summed E-state index contributed by atoms with van der Waals surface area (Å²) in [6.45, 7) is 0. The first-order chi connectivity index (χ1) is 10.0. The van der Waals surface area contributed by atoms with Crippen LogP contribution in [0.3, 0.4) is 0 Å². The van der Waals surface area contributed by atoms with E-state index >= 15 is 0 Å². The Hall–Kier alpha value is -1.88. The topological polar surface area (TPSA) is 53.1 Å². The number of nitrogens with two attached hydrogens (primary N) is 1. The smallest absolute Gasteiger partial charge is 0.129 e. The number of rotatable bonds is 4. The molecule has 1 aliphatic rings. The van der Waals surface area contributed by atoms with Crippen LogP contribution in [-0.2, 0) is 18.2 Å². The number of halogens is 1. The Kier molecular flexibility index (Phi) is 3.45. The van der Waals surface area contributed by atoms with Gasteiger partial charge < -0.3 is 10.5 Å². The van der Waals surface area contributed by atoms with Gasteiger partial charge in [0.05, 0.1) is 11.3 Å². The van der Waals surface area contributed by atoms with Gasteiger partial charge in [0.15, 0.2) is 0 Å². The fourth-order valence-corrected chi connectivity index (χ4v) is 3.01. The first-order valence-electron chi connectivity index (χ1n) is 7.17. The Morgan fingerprint density at radius 2 is 2.19 bits per heavy atom. The van der Waals surface area contributed by atoms with E-state index in [0.717, 1.165) is 29.7 Å². The molecular weight excluding hydrogens is 269 g/mol. The van der Waals surface area contributed by atoms with Crippen molar-refractivity contribution in [3.8, 4) is 11.1 Å². The predicted molar refractivity (Wildman–Crippen MR) is 80.3 cm³/mol. The minimum absolute atomic E-state index is 0.136. The summed E-state index contributed by atoms with van der Waals surface area (Å²) in [6.07, 6.45) is 3.94. The molecule has 4 nitrogen and oxygen atoms in total. The van der Waals surface area contributed by atoms with Gasteiger partial charge in [0.25, 0.3) is 0 Å². The average Bonchev–Trinajstić information content (AvgIpc) is 2.69. The maximum Gasteiger partial charge on any atom is 0.129 e. The van der Waals surface area contributed by atoms with Crippen LogP contribution in [0.15, 0.2) is 24.3 Å². The number of benzene rings is 1. The molecule has 0 bridgehead atoms. The summed E-state index contributed by atoms with van der Waals surface area (Å²) in [4.78, 5) is 0. The van der Waals surface area contributed by atoms with Crippen molar-refractivity contribution in [3.63, 3.8) is 0 Å². The predicted octanol–water partition coefficient (Wildman–Crippen LogP) is 2.92. The van der Waals surface area contributed by atoms with Crippen LogP contribution in [0, 0.1) is 5.82 Å². The molecule has 3 rings (SSSR count). The highest BCUT2D eigenvalue weighted by Gasteiger charge is 2.39. The van der Waals surface area contributed by atoms with Crippen LogP contribution in [0.25, 0.3) is 11.1 Å². The largest absolute Gasteiger partial charge is 0.383 e. The van der Waals surface area contributed by atoms with Gasteiger partial charge in [-0.15, -0.1) is 0 Å². The number of anilines is 1. The third kappa shape index (κ3) is 2.42. The van der Waals surface area contributed by atoms with Crippen LogP contribution >= 0.6 is 0 Å². The Bertz CT molecular complexity index is 656. The van der Waals surface area contributed by atoms with E-state index in [4.69, 9.17) is 10.5 Å². The zero-order valence-electron chi connectivity index (χ0n) is 12.4. The number of methoxy groups -OCH3 is 1. The quantitative estimate of drug-likeness (QED) is 0.941.